The molecule has 0 aliphatic carbocycles. The predicted molar refractivity (Wildman–Crippen MR) is 74.6 cm³/mol. The number of aryl methyl sites for hydroxylation is 1. The minimum absolute atomic E-state index is 0.237. The van der Waals surface area contributed by atoms with Crippen molar-refractivity contribution in [1.82, 2.24) is 24.8 Å². The third-order valence-corrected chi connectivity index (χ3v) is 3.05. The second-order valence-corrected chi connectivity index (χ2v) is 4.37. The van der Waals surface area contributed by atoms with Crippen LogP contribution in [0.25, 0.3) is 5.69 Å². The average molecular weight is 283 g/mol. The van der Waals surface area contributed by atoms with E-state index in [1.54, 1.807) is 7.05 Å². The second kappa shape index (κ2) is 5.20. The lowest BCUT2D eigenvalue weighted by molar-refractivity contribution is 0.102. The SMILES string of the molecule is COc1cnn(C)c1C(=O)c1cnn(-c2ccccc2)n1. The van der Waals surface area contributed by atoms with Crippen molar-refractivity contribution >= 4 is 5.78 Å². The van der Waals surface area contributed by atoms with Gasteiger partial charge in [0.1, 0.15) is 0 Å². The van der Waals surface area contributed by atoms with Crippen molar-refractivity contribution in [2.75, 3.05) is 7.11 Å². The van der Waals surface area contributed by atoms with E-state index in [1.165, 1.54) is 29.0 Å². The Kier molecular flexibility index (Phi) is 3.23. The number of carbonyl (C=O) groups is 1. The summed E-state index contributed by atoms with van der Waals surface area (Å²) in [7, 11) is 3.17. The number of ether oxygens (including phenoxy) is 1. The molecule has 21 heavy (non-hydrogen) atoms. The molecule has 0 radical (unpaired) electrons. The van der Waals surface area contributed by atoms with Crippen molar-refractivity contribution in [3.05, 3.63) is 54.1 Å². The zero-order chi connectivity index (χ0) is 14.8. The first-order valence-electron chi connectivity index (χ1n) is 6.29. The van der Waals surface area contributed by atoms with Gasteiger partial charge in [-0.05, 0) is 12.1 Å². The van der Waals surface area contributed by atoms with E-state index in [-0.39, 0.29) is 11.5 Å². The van der Waals surface area contributed by atoms with Crippen LogP contribution in [0.1, 0.15) is 16.2 Å². The number of nitrogens with zero attached hydrogens (tertiary/aromatic N) is 5. The molecule has 0 amide bonds. The number of para-hydroxylation sites is 1. The van der Waals surface area contributed by atoms with Crippen LogP contribution in [-0.4, -0.2) is 37.7 Å². The summed E-state index contributed by atoms with van der Waals surface area (Å²) in [5.41, 5.74) is 1.37. The van der Waals surface area contributed by atoms with Gasteiger partial charge in [-0.15, -0.1) is 5.10 Å². The van der Waals surface area contributed by atoms with Crippen molar-refractivity contribution in [1.29, 1.82) is 0 Å². The summed E-state index contributed by atoms with van der Waals surface area (Å²) < 4.78 is 6.60. The molecule has 3 rings (SSSR count). The van der Waals surface area contributed by atoms with Crippen LogP contribution in [0.3, 0.4) is 0 Å². The smallest absolute Gasteiger partial charge is 0.236 e. The predicted octanol–water partition coefficient (Wildman–Crippen LogP) is 1.24. The Bertz CT molecular complexity index is 776. The van der Waals surface area contributed by atoms with Gasteiger partial charge in [0.2, 0.25) is 5.78 Å². The van der Waals surface area contributed by atoms with E-state index in [9.17, 15) is 4.79 Å². The van der Waals surface area contributed by atoms with Crippen molar-refractivity contribution in [3.8, 4) is 11.4 Å². The number of aromatic nitrogens is 5. The number of hydrogen-bond acceptors (Lipinski definition) is 5. The number of carbonyl (C=O) groups excluding carboxylic acids is 1. The van der Waals surface area contributed by atoms with Gasteiger partial charge < -0.3 is 4.74 Å². The Labute approximate surface area is 120 Å². The molecule has 106 valence electrons. The molecular weight excluding hydrogens is 270 g/mol. The van der Waals surface area contributed by atoms with E-state index in [2.05, 4.69) is 15.3 Å². The monoisotopic (exact) mass is 283 g/mol. The van der Waals surface area contributed by atoms with Gasteiger partial charge in [-0.3, -0.25) is 9.48 Å². The quantitative estimate of drug-likeness (QED) is 0.673. The zero-order valence-corrected chi connectivity index (χ0v) is 11.6. The van der Waals surface area contributed by atoms with Crippen LogP contribution in [0.4, 0.5) is 0 Å². The summed E-state index contributed by atoms with van der Waals surface area (Å²) in [6.45, 7) is 0. The molecule has 0 atom stereocenters. The highest BCUT2D eigenvalue weighted by Crippen LogP contribution is 2.19. The van der Waals surface area contributed by atoms with Gasteiger partial charge in [0.25, 0.3) is 0 Å². The third-order valence-electron chi connectivity index (χ3n) is 3.05. The van der Waals surface area contributed by atoms with Gasteiger partial charge >= 0.3 is 0 Å². The topological polar surface area (TPSA) is 74.8 Å². The molecular formula is C14H13N5O2. The fourth-order valence-corrected chi connectivity index (χ4v) is 2.00. The van der Waals surface area contributed by atoms with E-state index in [0.717, 1.165) is 5.69 Å². The van der Waals surface area contributed by atoms with Gasteiger partial charge in [0.15, 0.2) is 17.1 Å². The maximum Gasteiger partial charge on any atom is 0.236 e. The fraction of sp³-hybridized carbons (Fsp3) is 0.143. The molecule has 0 bridgehead atoms. The minimum Gasteiger partial charge on any atom is -0.493 e. The van der Waals surface area contributed by atoms with Crippen molar-refractivity contribution in [2.45, 2.75) is 0 Å². The largest absolute Gasteiger partial charge is 0.493 e. The summed E-state index contributed by atoms with van der Waals surface area (Å²) in [5.74, 6) is 0.130. The summed E-state index contributed by atoms with van der Waals surface area (Å²) in [6.07, 6.45) is 2.93. The standard InChI is InChI=1S/C14H13N5O2/c1-18-13(12(21-2)9-15-18)14(20)11-8-16-19(17-11)10-6-4-3-5-7-10/h3-9H,1-2H3. The molecule has 7 nitrogen and oxygen atoms in total. The van der Waals surface area contributed by atoms with Gasteiger partial charge in [0, 0.05) is 7.05 Å². The summed E-state index contributed by atoms with van der Waals surface area (Å²) in [6, 6.07) is 9.38. The molecule has 0 saturated carbocycles. The summed E-state index contributed by atoms with van der Waals surface area (Å²) >= 11 is 0. The number of methoxy groups -OCH3 is 1. The first-order valence-corrected chi connectivity index (χ1v) is 6.29. The third kappa shape index (κ3) is 2.29. The van der Waals surface area contributed by atoms with Gasteiger partial charge in [0.05, 0.1) is 25.2 Å². The molecule has 0 aliphatic rings. The Balaban J connectivity index is 1.97. The number of benzene rings is 1. The molecule has 2 aromatic heterocycles. The average Bonchev–Trinajstić information content (AvgIpc) is 3.14. The molecule has 1 aromatic carbocycles. The summed E-state index contributed by atoms with van der Waals surface area (Å²) in [4.78, 5) is 13.9. The van der Waals surface area contributed by atoms with Gasteiger partial charge in [-0.25, -0.2) is 0 Å². The highest BCUT2D eigenvalue weighted by Gasteiger charge is 2.22. The molecule has 0 spiro atoms. The Hall–Kier alpha value is -2.96. The van der Waals surface area contributed by atoms with E-state index in [4.69, 9.17) is 4.74 Å². The Morgan fingerprint density at radius 3 is 2.62 bits per heavy atom. The molecule has 0 fully saturated rings. The lowest BCUT2D eigenvalue weighted by Gasteiger charge is -2.02. The molecule has 0 saturated heterocycles. The first kappa shape index (κ1) is 13.0. The van der Waals surface area contributed by atoms with Crippen molar-refractivity contribution in [2.24, 2.45) is 7.05 Å². The van der Waals surface area contributed by atoms with Crippen molar-refractivity contribution < 1.29 is 9.53 Å². The number of ketones is 1. The summed E-state index contributed by atoms with van der Waals surface area (Å²) in [5, 5.41) is 12.3. The van der Waals surface area contributed by atoms with Crippen molar-refractivity contribution in [3.63, 3.8) is 0 Å². The maximum absolute atomic E-state index is 12.5. The molecule has 3 aromatic rings. The van der Waals surface area contributed by atoms with Crippen LogP contribution < -0.4 is 4.74 Å². The van der Waals surface area contributed by atoms with Gasteiger partial charge in [-0.1, -0.05) is 18.2 Å². The van der Waals surface area contributed by atoms with Crippen LogP contribution >= 0.6 is 0 Å². The van der Waals surface area contributed by atoms with Crippen LogP contribution in [0.15, 0.2) is 42.7 Å². The normalized spacial score (nSPS) is 10.6. The van der Waals surface area contributed by atoms with Crippen LogP contribution in [0, 0.1) is 0 Å². The fourth-order valence-electron chi connectivity index (χ4n) is 2.00. The first-order chi connectivity index (χ1) is 10.2. The minimum atomic E-state index is -0.283. The van der Waals surface area contributed by atoms with Gasteiger partial charge in [-0.2, -0.15) is 15.0 Å². The van der Waals surface area contributed by atoms with Crippen LogP contribution in [0.5, 0.6) is 5.75 Å². The second-order valence-electron chi connectivity index (χ2n) is 4.37. The van der Waals surface area contributed by atoms with Crippen LogP contribution in [0.2, 0.25) is 0 Å². The van der Waals surface area contributed by atoms with Crippen LogP contribution in [-0.2, 0) is 7.05 Å². The highest BCUT2D eigenvalue weighted by atomic mass is 16.5. The highest BCUT2D eigenvalue weighted by molar-refractivity contribution is 6.08. The molecule has 0 aliphatic heterocycles. The van der Waals surface area contributed by atoms with E-state index >= 15 is 0 Å². The zero-order valence-electron chi connectivity index (χ0n) is 11.6. The molecule has 7 heteroatoms. The lowest BCUT2D eigenvalue weighted by atomic mass is 10.2. The number of rotatable bonds is 4. The number of hydrogen-bond donors (Lipinski definition) is 0. The molecule has 0 unspecified atom stereocenters. The van der Waals surface area contributed by atoms with E-state index < -0.39 is 0 Å². The maximum atomic E-state index is 12.5. The lowest BCUT2D eigenvalue weighted by Crippen LogP contribution is -2.11. The van der Waals surface area contributed by atoms with E-state index in [1.807, 2.05) is 30.3 Å². The molecule has 2 heterocycles. The molecule has 0 N–H and O–H groups in total. The Morgan fingerprint density at radius 2 is 1.90 bits per heavy atom. The Morgan fingerprint density at radius 1 is 1.14 bits per heavy atom. The van der Waals surface area contributed by atoms with E-state index in [0.29, 0.717) is 11.4 Å².